The molecule has 2 rings (SSSR count). The predicted molar refractivity (Wildman–Crippen MR) is 166 cm³/mol. The van der Waals surface area contributed by atoms with Crippen molar-refractivity contribution >= 4 is 11.7 Å². The van der Waals surface area contributed by atoms with Gasteiger partial charge >= 0.3 is 0 Å². The summed E-state index contributed by atoms with van der Waals surface area (Å²) < 4.78 is 28.2. The van der Waals surface area contributed by atoms with Crippen LogP contribution in [0.1, 0.15) is 40.4 Å². The van der Waals surface area contributed by atoms with Crippen LogP contribution in [0.2, 0.25) is 0 Å². The highest BCUT2D eigenvalue weighted by atomic mass is 16.5. The lowest BCUT2D eigenvalue weighted by Crippen LogP contribution is -2.37. The fraction of sp³-hybridized carbons (Fsp3) is 0.455. The molecule has 0 aliphatic rings. The Balaban J connectivity index is 2.74. The van der Waals surface area contributed by atoms with E-state index in [1.807, 2.05) is 21.0 Å². The molecule has 2 aromatic rings. The second-order valence-corrected chi connectivity index (χ2v) is 9.86. The minimum Gasteiger partial charge on any atom is -0.493 e. The number of ketones is 1. The maximum absolute atomic E-state index is 14.3. The SMILES string of the molecule is C=CCOc1cc(OCC=C)c(C(=O)c2ccc(OC)c(OC)c2)c(CC(=O)N(CCCN(C)C)CCOC)c1CC. The van der Waals surface area contributed by atoms with Gasteiger partial charge in [-0.3, -0.25) is 9.59 Å². The molecule has 0 aromatic heterocycles. The van der Waals surface area contributed by atoms with Crippen LogP contribution in [-0.2, 0) is 22.4 Å². The standard InChI is InChI=1S/C33H46N2O7/c1-9-18-41-28-23-30(42-19-10-2)32(33(37)24-13-14-27(39-7)29(21-24)40-8)26(25(28)11-3)22-31(36)35(17-20-38-6)16-12-15-34(4)5/h9-10,13-14,21,23H,1-2,11-12,15-20,22H2,3-8H3. The molecule has 2 aromatic carbocycles. The maximum atomic E-state index is 14.3. The Hall–Kier alpha value is -3.82. The van der Waals surface area contributed by atoms with Gasteiger partial charge < -0.3 is 33.5 Å². The molecule has 0 heterocycles. The predicted octanol–water partition coefficient (Wildman–Crippen LogP) is 4.60. The van der Waals surface area contributed by atoms with Gasteiger partial charge in [-0.2, -0.15) is 0 Å². The van der Waals surface area contributed by atoms with Crippen molar-refractivity contribution in [2.24, 2.45) is 0 Å². The van der Waals surface area contributed by atoms with E-state index in [1.165, 1.54) is 14.2 Å². The molecule has 0 N–H and O–H groups in total. The summed E-state index contributed by atoms with van der Waals surface area (Å²) in [5.41, 5.74) is 2.01. The molecule has 0 saturated carbocycles. The number of nitrogens with zero attached hydrogens (tertiary/aromatic N) is 2. The average molecular weight is 583 g/mol. The van der Waals surface area contributed by atoms with Crippen LogP contribution in [0, 0.1) is 0 Å². The molecule has 0 aliphatic heterocycles. The van der Waals surface area contributed by atoms with Crippen LogP contribution in [0.15, 0.2) is 49.6 Å². The largest absolute Gasteiger partial charge is 0.493 e. The van der Waals surface area contributed by atoms with E-state index in [0.29, 0.717) is 65.8 Å². The summed E-state index contributed by atoms with van der Waals surface area (Å²) in [6.07, 6.45) is 4.57. The van der Waals surface area contributed by atoms with Crippen molar-refractivity contribution in [2.75, 3.05) is 74.9 Å². The number of amides is 1. The third-order valence-electron chi connectivity index (χ3n) is 6.69. The molecular weight excluding hydrogens is 536 g/mol. The lowest BCUT2D eigenvalue weighted by molar-refractivity contribution is -0.131. The van der Waals surface area contributed by atoms with Crippen LogP contribution in [-0.4, -0.2) is 96.4 Å². The molecule has 0 fully saturated rings. The van der Waals surface area contributed by atoms with Gasteiger partial charge in [0.1, 0.15) is 24.7 Å². The maximum Gasteiger partial charge on any atom is 0.227 e. The number of hydrogen-bond acceptors (Lipinski definition) is 8. The Morgan fingerprint density at radius 2 is 1.50 bits per heavy atom. The molecule has 0 unspecified atom stereocenters. The van der Waals surface area contributed by atoms with Crippen LogP contribution in [0.4, 0.5) is 0 Å². The quantitative estimate of drug-likeness (QED) is 0.166. The first-order valence-electron chi connectivity index (χ1n) is 14.1. The summed E-state index contributed by atoms with van der Waals surface area (Å²) in [6, 6.07) is 6.70. The summed E-state index contributed by atoms with van der Waals surface area (Å²) >= 11 is 0. The van der Waals surface area contributed by atoms with E-state index in [-0.39, 0.29) is 31.3 Å². The highest BCUT2D eigenvalue weighted by Crippen LogP contribution is 2.38. The lowest BCUT2D eigenvalue weighted by Gasteiger charge is -2.26. The summed E-state index contributed by atoms with van der Waals surface area (Å²) in [4.78, 5) is 32.0. The molecule has 0 aliphatic carbocycles. The fourth-order valence-electron chi connectivity index (χ4n) is 4.62. The van der Waals surface area contributed by atoms with E-state index >= 15 is 0 Å². The van der Waals surface area contributed by atoms with Gasteiger partial charge in [0.2, 0.25) is 5.91 Å². The van der Waals surface area contributed by atoms with Gasteiger partial charge in [-0.1, -0.05) is 32.2 Å². The van der Waals surface area contributed by atoms with Crippen LogP contribution in [0.3, 0.4) is 0 Å². The van der Waals surface area contributed by atoms with Crippen LogP contribution in [0.5, 0.6) is 23.0 Å². The van der Waals surface area contributed by atoms with Gasteiger partial charge in [0.25, 0.3) is 0 Å². The van der Waals surface area contributed by atoms with E-state index in [2.05, 4.69) is 18.1 Å². The first-order chi connectivity index (χ1) is 20.3. The van der Waals surface area contributed by atoms with Crippen molar-refractivity contribution in [3.63, 3.8) is 0 Å². The Morgan fingerprint density at radius 1 is 0.833 bits per heavy atom. The van der Waals surface area contributed by atoms with E-state index in [0.717, 1.165) is 18.5 Å². The highest BCUT2D eigenvalue weighted by molar-refractivity contribution is 6.13. The van der Waals surface area contributed by atoms with Gasteiger partial charge in [-0.15, -0.1) is 0 Å². The molecule has 0 radical (unpaired) electrons. The fourth-order valence-corrected chi connectivity index (χ4v) is 4.62. The summed E-state index contributed by atoms with van der Waals surface area (Å²) in [7, 11) is 8.66. The number of ether oxygens (including phenoxy) is 5. The van der Waals surface area contributed by atoms with Crippen molar-refractivity contribution in [2.45, 2.75) is 26.2 Å². The second-order valence-electron chi connectivity index (χ2n) is 9.86. The van der Waals surface area contributed by atoms with Crippen molar-refractivity contribution in [3.8, 4) is 23.0 Å². The number of carbonyl (C=O) groups is 2. The molecule has 9 heteroatoms. The molecule has 0 spiro atoms. The van der Waals surface area contributed by atoms with Crippen LogP contribution in [0.25, 0.3) is 0 Å². The molecule has 1 amide bonds. The van der Waals surface area contributed by atoms with E-state index in [9.17, 15) is 9.59 Å². The molecule has 230 valence electrons. The first kappa shape index (κ1) is 34.4. The Bertz CT molecular complexity index is 1210. The zero-order valence-corrected chi connectivity index (χ0v) is 26.0. The summed E-state index contributed by atoms with van der Waals surface area (Å²) in [6.45, 7) is 12.2. The third kappa shape index (κ3) is 9.36. The molecule has 9 nitrogen and oxygen atoms in total. The minimum atomic E-state index is -0.307. The van der Waals surface area contributed by atoms with E-state index in [1.54, 1.807) is 48.4 Å². The Kier molecular flexibility index (Phi) is 14.6. The van der Waals surface area contributed by atoms with Crippen LogP contribution >= 0.6 is 0 Å². The van der Waals surface area contributed by atoms with Crippen molar-refractivity contribution < 1.29 is 33.3 Å². The smallest absolute Gasteiger partial charge is 0.227 e. The Morgan fingerprint density at radius 3 is 2.07 bits per heavy atom. The summed E-state index contributed by atoms with van der Waals surface area (Å²) in [5, 5.41) is 0. The molecule has 0 atom stereocenters. The molecular formula is C33H46N2O7. The molecule has 42 heavy (non-hydrogen) atoms. The summed E-state index contributed by atoms with van der Waals surface area (Å²) in [5.74, 6) is 1.35. The van der Waals surface area contributed by atoms with Crippen molar-refractivity contribution in [3.05, 3.63) is 71.8 Å². The molecule has 0 bridgehead atoms. The van der Waals surface area contributed by atoms with Gasteiger partial charge in [-0.05, 0) is 62.8 Å². The molecule has 0 saturated heterocycles. The Labute approximate surface area is 250 Å². The normalized spacial score (nSPS) is 10.7. The number of hydrogen-bond donors (Lipinski definition) is 0. The highest BCUT2D eigenvalue weighted by Gasteiger charge is 2.28. The van der Waals surface area contributed by atoms with Gasteiger partial charge in [0.05, 0.1) is 32.8 Å². The topological polar surface area (TPSA) is 86.8 Å². The second kappa shape index (κ2) is 17.9. The van der Waals surface area contributed by atoms with E-state index < -0.39 is 0 Å². The van der Waals surface area contributed by atoms with Gasteiger partial charge in [-0.25, -0.2) is 0 Å². The third-order valence-corrected chi connectivity index (χ3v) is 6.69. The number of rotatable bonds is 20. The van der Waals surface area contributed by atoms with Crippen molar-refractivity contribution in [1.29, 1.82) is 0 Å². The van der Waals surface area contributed by atoms with Crippen molar-refractivity contribution in [1.82, 2.24) is 9.80 Å². The zero-order valence-electron chi connectivity index (χ0n) is 26.0. The zero-order chi connectivity index (χ0) is 31.1. The monoisotopic (exact) mass is 582 g/mol. The van der Waals surface area contributed by atoms with Gasteiger partial charge in [0, 0.05) is 31.8 Å². The average Bonchev–Trinajstić information content (AvgIpc) is 2.99. The number of benzene rings is 2. The minimum absolute atomic E-state index is 0.0149. The number of carbonyl (C=O) groups excluding carboxylic acids is 2. The van der Waals surface area contributed by atoms with Gasteiger partial charge in [0.15, 0.2) is 17.3 Å². The lowest BCUT2D eigenvalue weighted by atomic mass is 9.89. The van der Waals surface area contributed by atoms with E-state index in [4.69, 9.17) is 23.7 Å². The number of methoxy groups -OCH3 is 3. The van der Waals surface area contributed by atoms with Crippen LogP contribution < -0.4 is 18.9 Å². The first-order valence-corrected chi connectivity index (χ1v) is 14.1.